The molecule has 4 rings (SSSR count). The van der Waals surface area contributed by atoms with Crippen molar-refractivity contribution in [2.45, 2.75) is 32.4 Å². The molecule has 2 N–H and O–H groups in total. The SMILES string of the molecule is CCC(c1nc2sccc2c(=O)n1Cc1ccccc1)N(CCCN)C(=O)c1ccc(Cl)cc1. The maximum absolute atomic E-state index is 13.6. The standard InChI is InChI=1S/C26H27ClN4O2S/c1-2-22(30(15-6-14-28)25(32)19-9-11-20(27)12-10-19)23-29-24-21(13-16-34-24)26(33)31(23)17-18-7-4-3-5-8-18/h3-5,7-13,16,22H,2,6,14-15,17,28H2,1H3. The van der Waals surface area contributed by atoms with Crippen LogP contribution in [0, 0.1) is 0 Å². The summed E-state index contributed by atoms with van der Waals surface area (Å²) in [6, 6.07) is 18.1. The molecule has 0 saturated carbocycles. The van der Waals surface area contributed by atoms with Crippen molar-refractivity contribution in [1.82, 2.24) is 14.5 Å². The van der Waals surface area contributed by atoms with Gasteiger partial charge in [0.2, 0.25) is 0 Å². The molecule has 2 aromatic heterocycles. The molecular formula is C26H27ClN4O2S. The zero-order chi connectivity index (χ0) is 24.1. The van der Waals surface area contributed by atoms with Crippen LogP contribution in [0.5, 0.6) is 0 Å². The molecular weight excluding hydrogens is 468 g/mol. The van der Waals surface area contributed by atoms with Crippen molar-refractivity contribution in [2.75, 3.05) is 13.1 Å². The lowest BCUT2D eigenvalue weighted by Crippen LogP contribution is -2.40. The Morgan fingerprint density at radius 3 is 2.56 bits per heavy atom. The number of fused-ring (bicyclic) bond motifs is 1. The number of carbonyl (C=O) groups excluding carboxylic acids is 1. The monoisotopic (exact) mass is 494 g/mol. The number of aromatic nitrogens is 2. The Morgan fingerprint density at radius 1 is 1.15 bits per heavy atom. The largest absolute Gasteiger partial charge is 0.330 e. The van der Waals surface area contributed by atoms with E-state index < -0.39 is 6.04 Å². The Bertz CT molecular complexity index is 1320. The number of nitrogens with two attached hydrogens (primary N) is 1. The highest BCUT2D eigenvalue weighted by molar-refractivity contribution is 7.16. The van der Waals surface area contributed by atoms with Crippen LogP contribution < -0.4 is 11.3 Å². The van der Waals surface area contributed by atoms with Gasteiger partial charge in [-0.2, -0.15) is 0 Å². The van der Waals surface area contributed by atoms with Crippen molar-refractivity contribution < 1.29 is 4.79 Å². The molecule has 1 unspecified atom stereocenters. The van der Waals surface area contributed by atoms with E-state index in [1.54, 1.807) is 33.7 Å². The number of hydrogen-bond acceptors (Lipinski definition) is 5. The summed E-state index contributed by atoms with van der Waals surface area (Å²) < 4.78 is 1.71. The van der Waals surface area contributed by atoms with Gasteiger partial charge in [0, 0.05) is 17.1 Å². The fourth-order valence-electron chi connectivity index (χ4n) is 4.10. The van der Waals surface area contributed by atoms with Gasteiger partial charge in [0.15, 0.2) is 0 Å². The third kappa shape index (κ3) is 5.06. The average molecular weight is 495 g/mol. The zero-order valence-electron chi connectivity index (χ0n) is 19.0. The number of carbonyl (C=O) groups is 1. The van der Waals surface area contributed by atoms with Gasteiger partial charge in [-0.25, -0.2) is 4.98 Å². The lowest BCUT2D eigenvalue weighted by atomic mass is 10.1. The summed E-state index contributed by atoms with van der Waals surface area (Å²) in [6.45, 7) is 3.30. The van der Waals surface area contributed by atoms with E-state index in [1.807, 2.05) is 48.7 Å². The maximum Gasteiger partial charge on any atom is 0.262 e. The Hall–Kier alpha value is -3.00. The van der Waals surface area contributed by atoms with E-state index in [1.165, 1.54) is 11.3 Å². The van der Waals surface area contributed by atoms with Crippen molar-refractivity contribution in [1.29, 1.82) is 0 Å². The quantitative estimate of drug-likeness (QED) is 0.351. The highest BCUT2D eigenvalue weighted by Crippen LogP contribution is 2.28. The molecule has 0 bridgehead atoms. The van der Waals surface area contributed by atoms with E-state index in [0.717, 1.165) is 5.56 Å². The molecule has 2 heterocycles. The van der Waals surface area contributed by atoms with E-state index in [9.17, 15) is 9.59 Å². The minimum atomic E-state index is -0.391. The van der Waals surface area contributed by atoms with E-state index in [0.29, 0.717) is 59.1 Å². The normalized spacial score (nSPS) is 12.1. The number of thiophene rings is 1. The lowest BCUT2D eigenvalue weighted by molar-refractivity contribution is 0.0656. The molecule has 34 heavy (non-hydrogen) atoms. The third-order valence-corrected chi connectivity index (χ3v) is 6.87. The van der Waals surface area contributed by atoms with Gasteiger partial charge >= 0.3 is 0 Å². The molecule has 2 aromatic carbocycles. The molecule has 0 aliphatic carbocycles. The predicted molar refractivity (Wildman–Crippen MR) is 139 cm³/mol. The Kier molecular flexibility index (Phi) is 7.77. The molecule has 8 heteroatoms. The number of halogens is 1. The molecule has 0 aliphatic heterocycles. The highest BCUT2D eigenvalue weighted by Gasteiger charge is 2.29. The van der Waals surface area contributed by atoms with Crippen molar-refractivity contribution in [3.05, 3.63) is 98.4 Å². The number of hydrogen-bond donors (Lipinski definition) is 1. The van der Waals surface area contributed by atoms with Gasteiger partial charge in [0.25, 0.3) is 11.5 Å². The van der Waals surface area contributed by atoms with Gasteiger partial charge in [-0.3, -0.25) is 14.2 Å². The molecule has 0 aliphatic rings. The van der Waals surface area contributed by atoms with Gasteiger partial charge in [0.1, 0.15) is 10.7 Å². The lowest BCUT2D eigenvalue weighted by Gasteiger charge is -2.32. The molecule has 0 fully saturated rings. The smallest absolute Gasteiger partial charge is 0.262 e. The van der Waals surface area contributed by atoms with Crippen LogP contribution >= 0.6 is 22.9 Å². The fourth-order valence-corrected chi connectivity index (χ4v) is 4.99. The predicted octanol–water partition coefficient (Wildman–Crippen LogP) is 5.10. The van der Waals surface area contributed by atoms with Crippen molar-refractivity contribution in [3.63, 3.8) is 0 Å². The first-order valence-corrected chi connectivity index (χ1v) is 12.6. The summed E-state index contributed by atoms with van der Waals surface area (Å²) in [4.78, 5) is 34.6. The van der Waals surface area contributed by atoms with Gasteiger partial charge in [0.05, 0.1) is 18.0 Å². The molecule has 0 radical (unpaired) electrons. The summed E-state index contributed by atoms with van der Waals surface area (Å²) in [5, 5.41) is 3.04. The summed E-state index contributed by atoms with van der Waals surface area (Å²) in [5.41, 5.74) is 7.24. The molecule has 176 valence electrons. The van der Waals surface area contributed by atoms with Crippen LogP contribution in [-0.2, 0) is 6.54 Å². The third-order valence-electron chi connectivity index (χ3n) is 5.81. The van der Waals surface area contributed by atoms with Gasteiger partial charge in [-0.15, -0.1) is 11.3 Å². The van der Waals surface area contributed by atoms with Crippen LogP contribution in [0.1, 0.15) is 47.6 Å². The second kappa shape index (κ2) is 11.0. The van der Waals surface area contributed by atoms with Crippen LogP contribution in [-0.4, -0.2) is 33.4 Å². The summed E-state index contributed by atoms with van der Waals surface area (Å²) >= 11 is 7.47. The summed E-state index contributed by atoms with van der Waals surface area (Å²) in [6.07, 6.45) is 1.24. The number of benzene rings is 2. The van der Waals surface area contributed by atoms with Crippen molar-refractivity contribution in [3.8, 4) is 0 Å². The minimum Gasteiger partial charge on any atom is -0.330 e. The summed E-state index contributed by atoms with van der Waals surface area (Å²) in [5.74, 6) is 0.453. The Balaban J connectivity index is 1.84. The van der Waals surface area contributed by atoms with Crippen LogP contribution in [0.2, 0.25) is 5.02 Å². The molecule has 1 amide bonds. The van der Waals surface area contributed by atoms with Crippen LogP contribution in [0.3, 0.4) is 0 Å². The summed E-state index contributed by atoms with van der Waals surface area (Å²) in [7, 11) is 0. The van der Waals surface area contributed by atoms with Gasteiger partial charge < -0.3 is 10.6 Å². The van der Waals surface area contributed by atoms with E-state index in [4.69, 9.17) is 22.3 Å². The Morgan fingerprint density at radius 2 is 1.88 bits per heavy atom. The first-order valence-electron chi connectivity index (χ1n) is 11.3. The average Bonchev–Trinajstić information content (AvgIpc) is 3.33. The molecule has 0 saturated heterocycles. The molecule has 6 nitrogen and oxygen atoms in total. The van der Waals surface area contributed by atoms with Crippen LogP contribution in [0.15, 0.2) is 70.8 Å². The Labute approximate surface area is 207 Å². The highest BCUT2D eigenvalue weighted by atomic mass is 35.5. The first kappa shape index (κ1) is 24.1. The zero-order valence-corrected chi connectivity index (χ0v) is 20.6. The maximum atomic E-state index is 13.6. The number of amides is 1. The topological polar surface area (TPSA) is 81.2 Å². The molecule has 4 aromatic rings. The second-order valence-corrected chi connectivity index (χ2v) is 9.39. The van der Waals surface area contributed by atoms with Crippen molar-refractivity contribution >= 4 is 39.1 Å². The van der Waals surface area contributed by atoms with Crippen LogP contribution in [0.4, 0.5) is 0 Å². The van der Waals surface area contributed by atoms with E-state index in [2.05, 4.69) is 0 Å². The molecule has 0 spiro atoms. The van der Waals surface area contributed by atoms with Gasteiger partial charge in [-0.1, -0.05) is 48.9 Å². The minimum absolute atomic E-state index is 0.0960. The van der Waals surface area contributed by atoms with E-state index >= 15 is 0 Å². The second-order valence-electron chi connectivity index (χ2n) is 8.06. The fraction of sp³-hybridized carbons (Fsp3) is 0.269. The van der Waals surface area contributed by atoms with Gasteiger partial charge in [-0.05, 0) is 60.7 Å². The van der Waals surface area contributed by atoms with E-state index in [-0.39, 0.29) is 11.5 Å². The van der Waals surface area contributed by atoms with Crippen molar-refractivity contribution in [2.24, 2.45) is 5.73 Å². The van der Waals surface area contributed by atoms with Crippen LogP contribution in [0.25, 0.3) is 10.2 Å². The number of nitrogens with zero attached hydrogens (tertiary/aromatic N) is 3. The first-order chi connectivity index (χ1) is 16.5. The number of rotatable bonds is 9. The molecule has 1 atom stereocenters.